The third-order valence-corrected chi connectivity index (χ3v) is 3.74. The van der Waals surface area contributed by atoms with Gasteiger partial charge in [-0.1, -0.05) is 13.0 Å². The molecule has 2 rings (SSSR count). The number of piperidine rings is 1. The van der Waals surface area contributed by atoms with Crippen LogP contribution in [0.4, 0.5) is 5.69 Å². The molecule has 0 aromatic heterocycles. The molecule has 0 radical (unpaired) electrons. The number of hydrogen-bond donors (Lipinski definition) is 1. The standard InChI is InChI=1S/C14H19N3O3.ClH/c1-2-10-3-4-11(9-13(10)17(19)20)14(18)16-7-5-12(15)6-8-16;/h3-4,9,12H,2,5-8,15H2,1H3;1H. The van der Waals surface area contributed by atoms with E-state index in [1.54, 1.807) is 17.0 Å². The number of amides is 1. The SMILES string of the molecule is CCc1ccc(C(=O)N2CCC(N)CC2)cc1[N+](=O)[O-].Cl. The molecule has 6 nitrogen and oxygen atoms in total. The lowest BCUT2D eigenvalue weighted by Crippen LogP contribution is -2.42. The van der Waals surface area contributed by atoms with Crippen LogP contribution in [0.2, 0.25) is 0 Å². The van der Waals surface area contributed by atoms with Crippen molar-refractivity contribution < 1.29 is 9.72 Å². The molecule has 2 N–H and O–H groups in total. The number of rotatable bonds is 3. The predicted octanol–water partition coefficient (Wildman–Crippen LogP) is 2.14. The summed E-state index contributed by atoms with van der Waals surface area (Å²) < 4.78 is 0. The average Bonchev–Trinajstić information content (AvgIpc) is 2.46. The van der Waals surface area contributed by atoms with E-state index in [9.17, 15) is 14.9 Å². The van der Waals surface area contributed by atoms with Crippen molar-refractivity contribution in [3.05, 3.63) is 39.4 Å². The summed E-state index contributed by atoms with van der Waals surface area (Å²) in [6, 6.07) is 4.87. The van der Waals surface area contributed by atoms with Crippen LogP contribution in [0.3, 0.4) is 0 Å². The highest BCUT2D eigenvalue weighted by atomic mass is 35.5. The number of hydrogen-bond acceptors (Lipinski definition) is 4. The first kappa shape index (κ1) is 17.4. The molecule has 1 aliphatic rings. The van der Waals surface area contributed by atoms with Crippen LogP contribution in [0.1, 0.15) is 35.7 Å². The van der Waals surface area contributed by atoms with Gasteiger partial charge in [0, 0.05) is 36.3 Å². The number of carbonyl (C=O) groups is 1. The molecule has 0 aliphatic carbocycles. The molecule has 1 saturated heterocycles. The van der Waals surface area contributed by atoms with Gasteiger partial charge in [-0.15, -0.1) is 12.4 Å². The number of benzene rings is 1. The second-order valence-electron chi connectivity index (χ2n) is 5.08. The number of nitrogens with zero attached hydrogens (tertiary/aromatic N) is 2. The van der Waals surface area contributed by atoms with Gasteiger partial charge < -0.3 is 10.6 Å². The second kappa shape index (κ2) is 7.38. The lowest BCUT2D eigenvalue weighted by molar-refractivity contribution is -0.385. The average molecular weight is 314 g/mol. The van der Waals surface area contributed by atoms with Crippen molar-refractivity contribution in [1.29, 1.82) is 0 Å². The fraction of sp³-hybridized carbons (Fsp3) is 0.500. The number of carbonyl (C=O) groups excluding carboxylic acids is 1. The highest BCUT2D eigenvalue weighted by Gasteiger charge is 2.23. The van der Waals surface area contributed by atoms with Crippen LogP contribution in [-0.2, 0) is 6.42 Å². The largest absolute Gasteiger partial charge is 0.339 e. The molecule has 1 aliphatic heterocycles. The monoisotopic (exact) mass is 313 g/mol. The number of likely N-dealkylation sites (tertiary alicyclic amines) is 1. The Bertz CT molecular complexity index is 528. The highest BCUT2D eigenvalue weighted by molar-refractivity contribution is 5.95. The minimum atomic E-state index is -0.429. The second-order valence-corrected chi connectivity index (χ2v) is 5.08. The number of aryl methyl sites for hydroxylation is 1. The Morgan fingerprint density at radius 2 is 2.05 bits per heavy atom. The van der Waals surface area contributed by atoms with Gasteiger partial charge in [-0.25, -0.2) is 0 Å². The maximum Gasteiger partial charge on any atom is 0.273 e. The van der Waals surface area contributed by atoms with Crippen LogP contribution in [-0.4, -0.2) is 34.9 Å². The molecule has 0 atom stereocenters. The van der Waals surface area contributed by atoms with E-state index in [0.717, 1.165) is 12.8 Å². The minimum absolute atomic E-state index is 0. The zero-order chi connectivity index (χ0) is 14.7. The summed E-state index contributed by atoms with van der Waals surface area (Å²) in [5.41, 5.74) is 6.86. The van der Waals surface area contributed by atoms with E-state index in [2.05, 4.69) is 0 Å². The fourth-order valence-corrected chi connectivity index (χ4v) is 2.45. The van der Waals surface area contributed by atoms with E-state index in [1.165, 1.54) is 6.07 Å². The van der Waals surface area contributed by atoms with Crippen LogP contribution in [0.25, 0.3) is 0 Å². The van der Waals surface area contributed by atoms with Crippen LogP contribution < -0.4 is 5.73 Å². The van der Waals surface area contributed by atoms with Gasteiger partial charge in [0.25, 0.3) is 11.6 Å². The maximum absolute atomic E-state index is 12.3. The number of nitrogens with two attached hydrogens (primary N) is 1. The lowest BCUT2D eigenvalue weighted by atomic mass is 10.0. The first-order chi connectivity index (χ1) is 9.52. The first-order valence-electron chi connectivity index (χ1n) is 6.85. The molecule has 0 saturated carbocycles. The normalized spacial score (nSPS) is 15.4. The van der Waals surface area contributed by atoms with Crippen molar-refractivity contribution in [2.45, 2.75) is 32.2 Å². The van der Waals surface area contributed by atoms with Gasteiger partial charge in [-0.05, 0) is 25.3 Å². The predicted molar refractivity (Wildman–Crippen MR) is 82.8 cm³/mol. The number of halogens is 1. The Labute approximate surface area is 129 Å². The van der Waals surface area contributed by atoms with Crippen molar-refractivity contribution in [3.63, 3.8) is 0 Å². The van der Waals surface area contributed by atoms with E-state index >= 15 is 0 Å². The molecule has 1 aromatic rings. The molecule has 1 heterocycles. The van der Waals surface area contributed by atoms with E-state index < -0.39 is 4.92 Å². The van der Waals surface area contributed by atoms with Crippen LogP contribution >= 0.6 is 12.4 Å². The van der Waals surface area contributed by atoms with Gasteiger partial charge in [-0.2, -0.15) is 0 Å². The molecule has 21 heavy (non-hydrogen) atoms. The summed E-state index contributed by atoms with van der Waals surface area (Å²) in [4.78, 5) is 24.7. The Hall–Kier alpha value is -1.66. The van der Waals surface area contributed by atoms with Crippen LogP contribution in [0.5, 0.6) is 0 Å². The summed E-state index contributed by atoms with van der Waals surface area (Å²) in [7, 11) is 0. The third-order valence-electron chi connectivity index (χ3n) is 3.74. The van der Waals surface area contributed by atoms with Crippen molar-refractivity contribution >= 4 is 24.0 Å². The van der Waals surface area contributed by atoms with Gasteiger partial charge in [0.1, 0.15) is 0 Å². The molecular formula is C14H20ClN3O3. The van der Waals surface area contributed by atoms with Crippen molar-refractivity contribution in [3.8, 4) is 0 Å². The van der Waals surface area contributed by atoms with Crippen LogP contribution in [0, 0.1) is 10.1 Å². The molecule has 1 amide bonds. The van der Waals surface area contributed by atoms with E-state index in [-0.39, 0.29) is 30.0 Å². The summed E-state index contributed by atoms with van der Waals surface area (Å²) in [5, 5.41) is 11.0. The van der Waals surface area contributed by atoms with Crippen molar-refractivity contribution in [2.75, 3.05) is 13.1 Å². The Morgan fingerprint density at radius 3 is 2.57 bits per heavy atom. The van der Waals surface area contributed by atoms with Gasteiger partial charge in [0.05, 0.1) is 4.92 Å². The summed E-state index contributed by atoms with van der Waals surface area (Å²) in [5.74, 6) is -0.150. The Balaban J connectivity index is 0.00000220. The van der Waals surface area contributed by atoms with Gasteiger partial charge in [0.2, 0.25) is 0 Å². The van der Waals surface area contributed by atoms with E-state index in [4.69, 9.17) is 5.73 Å². The van der Waals surface area contributed by atoms with Gasteiger partial charge in [0.15, 0.2) is 0 Å². The van der Waals surface area contributed by atoms with E-state index in [1.807, 2.05) is 6.92 Å². The first-order valence-corrected chi connectivity index (χ1v) is 6.85. The molecular weight excluding hydrogens is 294 g/mol. The fourth-order valence-electron chi connectivity index (χ4n) is 2.45. The minimum Gasteiger partial charge on any atom is -0.339 e. The molecule has 0 spiro atoms. The quantitative estimate of drug-likeness (QED) is 0.684. The Kier molecular flexibility index (Phi) is 6.11. The molecule has 116 valence electrons. The molecule has 1 aromatic carbocycles. The van der Waals surface area contributed by atoms with Crippen molar-refractivity contribution in [1.82, 2.24) is 4.90 Å². The molecule has 0 unspecified atom stereocenters. The van der Waals surface area contributed by atoms with Crippen LogP contribution in [0.15, 0.2) is 18.2 Å². The summed E-state index contributed by atoms with van der Waals surface area (Å²) >= 11 is 0. The summed E-state index contributed by atoms with van der Waals surface area (Å²) in [6.45, 7) is 3.09. The zero-order valence-corrected chi connectivity index (χ0v) is 12.8. The Morgan fingerprint density at radius 1 is 1.43 bits per heavy atom. The highest BCUT2D eigenvalue weighted by Crippen LogP contribution is 2.22. The number of nitro groups is 1. The zero-order valence-electron chi connectivity index (χ0n) is 11.9. The van der Waals surface area contributed by atoms with Crippen molar-refractivity contribution in [2.24, 2.45) is 5.73 Å². The molecule has 0 bridgehead atoms. The van der Waals surface area contributed by atoms with E-state index in [0.29, 0.717) is 30.6 Å². The smallest absolute Gasteiger partial charge is 0.273 e. The third kappa shape index (κ3) is 3.92. The van der Waals surface area contributed by atoms with Gasteiger partial charge in [-0.3, -0.25) is 14.9 Å². The summed E-state index contributed by atoms with van der Waals surface area (Å²) in [6.07, 6.45) is 2.13. The lowest BCUT2D eigenvalue weighted by Gasteiger charge is -2.30. The maximum atomic E-state index is 12.3. The molecule has 1 fully saturated rings. The number of nitro benzene ring substituents is 1. The van der Waals surface area contributed by atoms with Gasteiger partial charge >= 0.3 is 0 Å². The topological polar surface area (TPSA) is 89.5 Å². The molecule has 7 heteroatoms.